The van der Waals surface area contributed by atoms with Gasteiger partial charge in [0.25, 0.3) is 0 Å². The number of likely N-dealkylation sites (tertiary alicyclic amines) is 1. The number of aryl methyl sites for hydroxylation is 1. The van der Waals surface area contributed by atoms with Gasteiger partial charge in [-0.3, -0.25) is 4.79 Å². The van der Waals surface area contributed by atoms with Crippen molar-refractivity contribution in [2.24, 2.45) is 5.92 Å². The lowest BCUT2D eigenvalue weighted by Gasteiger charge is -2.43. The van der Waals surface area contributed by atoms with Crippen LogP contribution < -0.4 is 4.74 Å². The molecule has 130 valence electrons. The van der Waals surface area contributed by atoms with Crippen molar-refractivity contribution < 1.29 is 19.1 Å². The summed E-state index contributed by atoms with van der Waals surface area (Å²) >= 11 is 0. The number of rotatable bonds is 2. The van der Waals surface area contributed by atoms with Crippen LogP contribution in [0.3, 0.4) is 0 Å². The minimum atomic E-state index is -0.478. The monoisotopic (exact) mass is 331 g/mol. The van der Waals surface area contributed by atoms with Crippen LogP contribution in [0.5, 0.6) is 5.75 Å². The van der Waals surface area contributed by atoms with E-state index in [4.69, 9.17) is 9.47 Å². The van der Waals surface area contributed by atoms with E-state index in [0.717, 1.165) is 5.56 Å². The lowest BCUT2D eigenvalue weighted by atomic mass is 9.82. The number of carbonyl (C=O) groups is 2. The Hall–Kier alpha value is -2.04. The maximum atomic E-state index is 12.5. The molecule has 3 rings (SSSR count). The van der Waals surface area contributed by atoms with E-state index in [1.807, 2.05) is 39.0 Å². The van der Waals surface area contributed by atoms with Crippen LogP contribution in [0.15, 0.2) is 18.2 Å². The van der Waals surface area contributed by atoms with Gasteiger partial charge in [0.05, 0.1) is 18.6 Å². The summed E-state index contributed by atoms with van der Waals surface area (Å²) in [7, 11) is 0. The second kappa shape index (κ2) is 6.46. The second-order valence-electron chi connectivity index (χ2n) is 7.34. The average Bonchev–Trinajstić information content (AvgIpc) is 2.54. The fourth-order valence-electron chi connectivity index (χ4n) is 3.31. The molecule has 5 heteroatoms. The molecule has 0 atom stereocenters. The molecule has 0 unspecified atom stereocenters. The number of hydrogen-bond acceptors (Lipinski definition) is 4. The van der Waals surface area contributed by atoms with E-state index in [-0.39, 0.29) is 11.9 Å². The van der Waals surface area contributed by atoms with Crippen molar-refractivity contribution in [2.75, 3.05) is 19.7 Å². The Morgan fingerprint density at radius 1 is 1.33 bits per heavy atom. The Bertz CT molecular complexity index is 645. The smallest absolute Gasteiger partial charge is 0.409 e. The Morgan fingerprint density at radius 3 is 2.71 bits per heavy atom. The summed E-state index contributed by atoms with van der Waals surface area (Å²) in [6.07, 6.45) is 1.43. The highest BCUT2D eigenvalue weighted by atomic mass is 16.6. The normalized spacial score (nSPS) is 19.2. The summed E-state index contributed by atoms with van der Waals surface area (Å²) in [4.78, 5) is 26.3. The molecule has 1 fully saturated rings. The first-order valence-electron chi connectivity index (χ1n) is 8.63. The van der Waals surface area contributed by atoms with Crippen LogP contribution in [-0.2, 0) is 4.74 Å². The molecule has 2 aliphatic heterocycles. The molecule has 0 radical (unpaired) electrons. The van der Waals surface area contributed by atoms with Crippen molar-refractivity contribution in [3.63, 3.8) is 0 Å². The number of Topliss-reactive ketones (excluding diaryl/α,β-unsaturated/α-hetero) is 1. The highest BCUT2D eigenvalue weighted by molar-refractivity contribution is 6.00. The summed E-state index contributed by atoms with van der Waals surface area (Å²) in [5, 5.41) is 0. The molecule has 1 aromatic carbocycles. The van der Waals surface area contributed by atoms with Gasteiger partial charge >= 0.3 is 6.09 Å². The highest BCUT2D eigenvalue weighted by Crippen LogP contribution is 2.39. The molecule has 1 aromatic rings. The number of nitrogens with zero attached hydrogens (tertiary/aromatic N) is 1. The van der Waals surface area contributed by atoms with E-state index < -0.39 is 5.60 Å². The zero-order chi connectivity index (χ0) is 17.3. The van der Waals surface area contributed by atoms with Gasteiger partial charge in [-0.1, -0.05) is 25.5 Å². The zero-order valence-electron chi connectivity index (χ0n) is 14.6. The van der Waals surface area contributed by atoms with Crippen LogP contribution in [0, 0.1) is 12.8 Å². The number of carbonyl (C=O) groups excluding carboxylic acids is 2. The van der Waals surface area contributed by atoms with Gasteiger partial charge in [-0.25, -0.2) is 4.79 Å². The molecule has 2 heterocycles. The Balaban J connectivity index is 1.65. The van der Waals surface area contributed by atoms with Crippen LogP contribution in [0.4, 0.5) is 4.79 Å². The molecule has 5 nitrogen and oxygen atoms in total. The van der Waals surface area contributed by atoms with Crippen LogP contribution in [0.2, 0.25) is 0 Å². The van der Waals surface area contributed by atoms with Crippen molar-refractivity contribution in [2.45, 2.75) is 45.6 Å². The molecule has 0 bridgehead atoms. The molecular weight excluding hydrogens is 306 g/mol. The largest absolute Gasteiger partial charge is 0.486 e. The third-order valence-corrected chi connectivity index (χ3v) is 4.72. The number of ketones is 1. The lowest BCUT2D eigenvalue weighted by Crippen LogP contribution is -2.52. The number of ether oxygens (including phenoxy) is 2. The number of benzene rings is 1. The van der Waals surface area contributed by atoms with Crippen LogP contribution in [0.25, 0.3) is 0 Å². The van der Waals surface area contributed by atoms with Crippen molar-refractivity contribution in [3.05, 3.63) is 29.3 Å². The quantitative estimate of drug-likeness (QED) is 0.831. The van der Waals surface area contributed by atoms with Crippen molar-refractivity contribution in [1.29, 1.82) is 0 Å². The number of hydrogen-bond donors (Lipinski definition) is 0. The van der Waals surface area contributed by atoms with Gasteiger partial charge in [-0.05, 0) is 25.0 Å². The fraction of sp³-hybridized carbons (Fsp3) is 0.579. The van der Waals surface area contributed by atoms with Gasteiger partial charge in [0, 0.05) is 25.9 Å². The highest BCUT2D eigenvalue weighted by Gasteiger charge is 2.43. The van der Waals surface area contributed by atoms with Gasteiger partial charge in [0.15, 0.2) is 5.78 Å². The first-order valence-corrected chi connectivity index (χ1v) is 8.63. The fourth-order valence-corrected chi connectivity index (χ4v) is 3.31. The molecule has 0 N–H and O–H groups in total. The summed E-state index contributed by atoms with van der Waals surface area (Å²) in [5.41, 5.74) is 1.26. The number of amides is 1. The van der Waals surface area contributed by atoms with Gasteiger partial charge in [-0.15, -0.1) is 0 Å². The van der Waals surface area contributed by atoms with Crippen LogP contribution in [-0.4, -0.2) is 42.1 Å². The van der Waals surface area contributed by atoms with E-state index >= 15 is 0 Å². The first-order chi connectivity index (χ1) is 11.4. The van der Waals surface area contributed by atoms with Gasteiger partial charge in [-0.2, -0.15) is 0 Å². The van der Waals surface area contributed by atoms with Crippen molar-refractivity contribution >= 4 is 11.9 Å². The molecule has 0 aromatic heterocycles. The van der Waals surface area contributed by atoms with Crippen LogP contribution in [0.1, 0.15) is 49.0 Å². The predicted molar refractivity (Wildman–Crippen MR) is 90.5 cm³/mol. The lowest BCUT2D eigenvalue weighted by molar-refractivity contribution is -0.0100. The summed E-state index contributed by atoms with van der Waals surface area (Å²) in [6, 6.07) is 5.74. The molecule has 0 saturated carbocycles. The van der Waals surface area contributed by atoms with E-state index in [2.05, 4.69) is 0 Å². The van der Waals surface area contributed by atoms with E-state index in [1.165, 1.54) is 0 Å². The third-order valence-electron chi connectivity index (χ3n) is 4.72. The number of piperidine rings is 1. The molecular formula is C19H25NO4. The average molecular weight is 331 g/mol. The Labute approximate surface area is 142 Å². The van der Waals surface area contributed by atoms with Crippen LogP contribution >= 0.6 is 0 Å². The second-order valence-corrected chi connectivity index (χ2v) is 7.34. The minimum Gasteiger partial charge on any atom is -0.486 e. The maximum absolute atomic E-state index is 12.5. The predicted octanol–water partition coefficient (Wildman–Crippen LogP) is 3.59. The van der Waals surface area contributed by atoms with Crippen molar-refractivity contribution in [1.82, 2.24) is 4.90 Å². The minimum absolute atomic E-state index is 0.135. The van der Waals surface area contributed by atoms with E-state index in [1.54, 1.807) is 4.90 Å². The third kappa shape index (κ3) is 3.40. The molecule has 2 aliphatic rings. The Morgan fingerprint density at radius 2 is 2.04 bits per heavy atom. The topological polar surface area (TPSA) is 55.8 Å². The number of fused-ring (bicyclic) bond motifs is 1. The van der Waals surface area contributed by atoms with Gasteiger partial charge in [0.1, 0.15) is 11.4 Å². The molecule has 1 saturated heterocycles. The molecule has 1 amide bonds. The summed E-state index contributed by atoms with van der Waals surface area (Å²) in [5.74, 6) is 1.13. The SMILES string of the molecule is Cc1ccc2c(c1)C(=O)CC1(CCN(C(=O)OCC(C)C)CC1)O2. The van der Waals surface area contributed by atoms with E-state index in [9.17, 15) is 9.59 Å². The summed E-state index contributed by atoms with van der Waals surface area (Å²) < 4.78 is 11.5. The van der Waals surface area contributed by atoms with Crippen molar-refractivity contribution in [3.8, 4) is 5.75 Å². The summed E-state index contributed by atoms with van der Waals surface area (Å²) in [6.45, 7) is 7.55. The molecule has 0 aliphatic carbocycles. The maximum Gasteiger partial charge on any atom is 0.409 e. The first kappa shape index (κ1) is 16.8. The standard InChI is InChI=1S/C19H25NO4/c1-13(2)12-23-18(22)20-8-6-19(7-9-20)11-16(21)15-10-14(3)4-5-17(15)24-19/h4-5,10,13H,6-9,11-12H2,1-3H3. The van der Waals surface area contributed by atoms with Gasteiger partial charge < -0.3 is 14.4 Å². The molecule has 24 heavy (non-hydrogen) atoms. The molecule has 1 spiro atoms. The Kier molecular flexibility index (Phi) is 4.52. The van der Waals surface area contributed by atoms with E-state index in [0.29, 0.717) is 56.2 Å². The van der Waals surface area contributed by atoms with Gasteiger partial charge in [0.2, 0.25) is 0 Å². The zero-order valence-corrected chi connectivity index (χ0v) is 14.6.